The number of methoxy groups -OCH3 is 1. The summed E-state index contributed by atoms with van der Waals surface area (Å²) in [6.07, 6.45) is 6.95. The number of carbonyl (C=O) groups excluding carboxylic acids is 1. The summed E-state index contributed by atoms with van der Waals surface area (Å²) in [7, 11) is 1.36. The Morgan fingerprint density at radius 1 is 1.50 bits per heavy atom. The van der Waals surface area contributed by atoms with Crippen molar-refractivity contribution >= 4 is 11.8 Å². The van der Waals surface area contributed by atoms with Gasteiger partial charge in [0.15, 0.2) is 0 Å². The first-order chi connectivity index (χ1) is 8.79. The Kier molecular flexibility index (Phi) is 3.90. The highest BCUT2D eigenvalue weighted by Crippen LogP contribution is 2.07. The van der Waals surface area contributed by atoms with Crippen molar-refractivity contribution in [1.82, 2.24) is 14.5 Å². The van der Waals surface area contributed by atoms with Crippen molar-refractivity contribution in [3.63, 3.8) is 0 Å². The Morgan fingerprint density at radius 3 is 3.11 bits per heavy atom. The molecule has 6 heteroatoms. The fourth-order valence-corrected chi connectivity index (χ4v) is 1.50. The molecule has 0 aliphatic rings. The molecule has 0 atom stereocenters. The first-order valence-corrected chi connectivity index (χ1v) is 5.53. The molecule has 2 aromatic rings. The molecule has 6 nitrogen and oxygen atoms in total. The highest BCUT2D eigenvalue weighted by Gasteiger charge is 2.05. The van der Waals surface area contributed by atoms with Crippen LogP contribution >= 0.6 is 0 Å². The van der Waals surface area contributed by atoms with Crippen LogP contribution in [-0.4, -0.2) is 34.2 Å². The first kappa shape index (κ1) is 12.1. The number of imidazole rings is 1. The minimum atomic E-state index is -0.366. The Balaban J connectivity index is 1.91. The van der Waals surface area contributed by atoms with Gasteiger partial charge in [0.05, 0.1) is 19.0 Å². The fourth-order valence-electron chi connectivity index (χ4n) is 1.50. The Hall–Kier alpha value is -2.37. The summed E-state index contributed by atoms with van der Waals surface area (Å²) < 4.78 is 6.60. The molecule has 2 heterocycles. The molecule has 0 aliphatic heterocycles. The number of ether oxygens (including phenoxy) is 1. The van der Waals surface area contributed by atoms with E-state index < -0.39 is 0 Å². The van der Waals surface area contributed by atoms with E-state index in [1.54, 1.807) is 30.9 Å². The predicted molar refractivity (Wildman–Crippen MR) is 66.3 cm³/mol. The van der Waals surface area contributed by atoms with Gasteiger partial charge in [-0.2, -0.15) is 0 Å². The normalized spacial score (nSPS) is 10.1. The second-order valence-corrected chi connectivity index (χ2v) is 3.65. The maximum atomic E-state index is 11.3. The van der Waals surface area contributed by atoms with Crippen molar-refractivity contribution in [2.45, 2.75) is 6.54 Å². The third-order valence-corrected chi connectivity index (χ3v) is 2.42. The SMILES string of the molecule is COC(=O)c1ccnc(NCCn2ccnc2)c1. The van der Waals surface area contributed by atoms with Gasteiger partial charge in [-0.25, -0.2) is 14.8 Å². The van der Waals surface area contributed by atoms with Crippen LogP contribution in [0.15, 0.2) is 37.1 Å². The molecule has 2 aromatic heterocycles. The van der Waals surface area contributed by atoms with E-state index in [4.69, 9.17) is 0 Å². The Labute approximate surface area is 105 Å². The van der Waals surface area contributed by atoms with E-state index in [9.17, 15) is 4.79 Å². The van der Waals surface area contributed by atoms with Crippen molar-refractivity contribution < 1.29 is 9.53 Å². The average Bonchev–Trinajstić information content (AvgIpc) is 2.91. The van der Waals surface area contributed by atoms with Gasteiger partial charge in [0.2, 0.25) is 0 Å². The number of rotatable bonds is 5. The summed E-state index contributed by atoms with van der Waals surface area (Å²) in [4.78, 5) is 19.4. The van der Waals surface area contributed by atoms with Crippen LogP contribution in [0.25, 0.3) is 0 Å². The van der Waals surface area contributed by atoms with Gasteiger partial charge in [-0.3, -0.25) is 0 Å². The topological polar surface area (TPSA) is 69.0 Å². The minimum Gasteiger partial charge on any atom is -0.465 e. The van der Waals surface area contributed by atoms with Crippen LogP contribution in [0.4, 0.5) is 5.82 Å². The van der Waals surface area contributed by atoms with Crippen molar-refractivity contribution in [1.29, 1.82) is 0 Å². The number of carbonyl (C=O) groups is 1. The quantitative estimate of drug-likeness (QED) is 0.802. The summed E-state index contributed by atoms with van der Waals surface area (Å²) in [5.41, 5.74) is 0.484. The number of nitrogens with zero attached hydrogens (tertiary/aromatic N) is 3. The molecule has 0 unspecified atom stereocenters. The van der Waals surface area contributed by atoms with Crippen molar-refractivity contribution in [2.24, 2.45) is 0 Å². The van der Waals surface area contributed by atoms with Crippen molar-refractivity contribution in [3.8, 4) is 0 Å². The summed E-state index contributed by atoms with van der Waals surface area (Å²) in [6, 6.07) is 3.28. The van der Waals surface area contributed by atoms with E-state index in [0.29, 0.717) is 17.9 Å². The second kappa shape index (κ2) is 5.81. The maximum Gasteiger partial charge on any atom is 0.338 e. The van der Waals surface area contributed by atoms with E-state index in [2.05, 4.69) is 20.0 Å². The molecule has 0 aliphatic carbocycles. The van der Waals surface area contributed by atoms with Crippen molar-refractivity contribution in [3.05, 3.63) is 42.6 Å². The molecule has 0 amide bonds. The molecular formula is C12H14N4O2. The number of hydrogen-bond acceptors (Lipinski definition) is 5. The third-order valence-electron chi connectivity index (χ3n) is 2.42. The summed E-state index contributed by atoms with van der Waals surface area (Å²) in [6.45, 7) is 1.48. The second-order valence-electron chi connectivity index (χ2n) is 3.65. The van der Waals surface area contributed by atoms with Crippen LogP contribution in [0.5, 0.6) is 0 Å². The van der Waals surface area contributed by atoms with Gasteiger partial charge >= 0.3 is 5.97 Å². The molecule has 0 radical (unpaired) electrons. The molecule has 2 rings (SSSR count). The standard InChI is InChI=1S/C12H14N4O2/c1-18-12(17)10-2-3-14-11(8-10)15-5-7-16-6-4-13-9-16/h2-4,6,8-9H,5,7H2,1H3,(H,14,15). The lowest BCUT2D eigenvalue weighted by molar-refractivity contribution is 0.0600. The van der Waals surface area contributed by atoms with Crippen molar-refractivity contribution in [2.75, 3.05) is 19.0 Å². The molecule has 1 N–H and O–H groups in total. The first-order valence-electron chi connectivity index (χ1n) is 5.53. The molecule has 18 heavy (non-hydrogen) atoms. The highest BCUT2D eigenvalue weighted by atomic mass is 16.5. The Bertz CT molecular complexity index is 511. The van der Waals surface area contributed by atoms with E-state index >= 15 is 0 Å². The van der Waals surface area contributed by atoms with E-state index in [1.807, 2.05) is 10.8 Å². The molecule has 0 fully saturated rings. The van der Waals surface area contributed by atoms with E-state index in [1.165, 1.54) is 7.11 Å². The molecule has 94 valence electrons. The monoisotopic (exact) mass is 246 g/mol. The van der Waals surface area contributed by atoms with Crippen LogP contribution in [0.2, 0.25) is 0 Å². The zero-order chi connectivity index (χ0) is 12.8. The van der Waals surface area contributed by atoms with Crippen LogP contribution in [0.1, 0.15) is 10.4 Å². The molecule has 0 bridgehead atoms. The van der Waals surface area contributed by atoms with Gasteiger partial charge in [0, 0.05) is 31.7 Å². The smallest absolute Gasteiger partial charge is 0.338 e. The number of aromatic nitrogens is 3. The minimum absolute atomic E-state index is 0.366. The largest absolute Gasteiger partial charge is 0.465 e. The van der Waals surface area contributed by atoms with Gasteiger partial charge in [-0.15, -0.1) is 0 Å². The van der Waals surface area contributed by atoms with Gasteiger partial charge in [-0.05, 0) is 12.1 Å². The lowest BCUT2D eigenvalue weighted by Crippen LogP contribution is -2.11. The number of esters is 1. The lowest BCUT2D eigenvalue weighted by atomic mass is 10.2. The molecular weight excluding hydrogens is 232 g/mol. The summed E-state index contributed by atoms with van der Waals surface area (Å²) in [5.74, 6) is 0.285. The van der Waals surface area contributed by atoms with Gasteiger partial charge in [0.1, 0.15) is 5.82 Å². The number of hydrogen-bond donors (Lipinski definition) is 1. The van der Waals surface area contributed by atoms with Crippen LogP contribution < -0.4 is 5.32 Å². The van der Waals surface area contributed by atoms with Gasteiger partial charge < -0.3 is 14.6 Å². The molecule has 0 aromatic carbocycles. The maximum absolute atomic E-state index is 11.3. The average molecular weight is 246 g/mol. The van der Waals surface area contributed by atoms with Gasteiger partial charge in [0.25, 0.3) is 0 Å². The van der Waals surface area contributed by atoms with Crippen LogP contribution in [0, 0.1) is 0 Å². The molecule has 0 saturated carbocycles. The summed E-state index contributed by atoms with van der Waals surface area (Å²) in [5, 5.41) is 3.13. The zero-order valence-corrected chi connectivity index (χ0v) is 10.0. The number of pyridine rings is 1. The van der Waals surface area contributed by atoms with Crippen LogP contribution in [0.3, 0.4) is 0 Å². The van der Waals surface area contributed by atoms with Gasteiger partial charge in [-0.1, -0.05) is 0 Å². The Morgan fingerprint density at radius 2 is 2.39 bits per heavy atom. The summed E-state index contributed by atoms with van der Waals surface area (Å²) >= 11 is 0. The fraction of sp³-hybridized carbons (Fsp3) is 0.250. The molecule has 0 saturated heterocycles. The van der Waals surface area contributed by atoms with E-state index in [0.717, 1.165) is 6.54 Å². The third kappa shape index (κ3) is 3.07. The molecule has 0 spiro atoms. The van der Waals surface area contributed by atoms with Crippen LogP contribution in [-0.2, 0) is 11.3 Å². The lowest BCUT2D eigenvalue weighted by Gasteiger charge is -2.07. The zero-order valence-electron chi connectivity index (χ0n) is 10.0. The van der Waals surface area contributed by atoms with E-state index in [-0.39, 0.29) is 5.97 Å². The predicted octanol–water partition coefficient (Wildman–Crippen LogP) is 1.18. The number of nitrogens with one attached hydrogen (secondary N) is 1. The number of anilines is 1. The highest BCUT2D eigenvalue weighted by molar-refractivity contribution is 5.89.